The zero-order valence-corrected chi connectivity index (χ0v) is 14.5. The van der Waals surface area contributed by atoms with Gasteiger partial charge in [0.1, 0.15) is 0 Å². The van der Waals surface area contributed by atoms with Crippen LogP contribution in [0.2, 0.25) is 0 Å². The summed E-state index contributed by atoms with van der Waals surface area (Å²) in [6.07, 6.45) is 1.24. The molecule has 0 aliphatic heterocycles. The number of hydrogen-bond acceptors (Lipinski definition) is 1. The minimum atomic E-state index is -0.120. The van der Waals surface area contributed by atoms with Crippen molar-refractivity contribution >= 4 is 5.91 Å². The molecule has 0 aromatic heterocycles. The van der Waals surface area contributed by atoms with E-state index in [0.717, 1.165) is 17.5 Å². The molecule has 0 aliphatic carbocycles. The highest BCUT2D eigenvalue weighted by Gasteiger charge is 2.16. The van der Waals surface area contributed by atoms with Gasteiger partial charge in [-0.2, -0.15) is 0 Å². The van der Waals surface area contributed by atoms with E-state index in [1.165, 1.54) is 11.1 Å². The fraction of sp³-hybridized carbons (Fsp3) is 0.174. The lowest BCUT2D eigenvalue weighted by Crippen LogP contribution is -2.29. The molecule has 0 heterocycles. The molecular formula is C23H23NO. The Morgan fingerprint density at radius 3 is 2.00 bits per heavy atom. The fourth-order valence-corrected chi connectivity index (χ4v) is 2.90. The van der Waals surface area contributed by atoms with Gasteiger partial charge in [-0.3, -0.25) is 4.79 Å². The Morgan fingerprint density at radius 1 is 0.800 bits per heavy atom. The highest BCUT2D eigenvalue weighted by molar-refractivity contribution is 5.77. The summed E-state index contributed by atoms with van der Waals surface area (Å²) < 4.78 is 0. The normalized spacial score (nSPS) is 11.7. The van der Waals surface area contributed by atoms with Gasteiger partial charge in [0, 0.05) is 6.42 Å². The van der Waals surface area contributed by atoms with Crippen LogP contribution in [0.4, 0.5) is 0 Å². The lowest BCUT2D eigenvalue weighted by Gasteiger charge is -2.20. The van der Waals surface area contributed by atoms with Crippen LogP contribution in [0.5, 0.6) is 0 Å². The molecule has 1 atom stereocenters. The number of hydrogen-bond donors (Lipinski definition) is 1. The molecule has 0 saturated heterocycles. The van der Waals surface area contributed by atoms with Gasteiger partial charge in [0.05, 0.1) is 6.04 Å². The quantitative estimate of drug-likeness (QED) is 0.689. The minimum absolute atomic E-state index is 0.0679. The summed E-state index contributed by atoms with van der Waals surface area (Å²) in [7, 11) is 0. The van der Waals surface area contributed by atoms with Crippen molar-refractivity contribution in [1.82, 2.24) is 5.32 Å². The van der Waals surface area contributed by atoms with E-state index in [4.69, 9.17) is 0 Å². The van der Waals surface area contributed by atoms with Gasteiger partial charge in [-0.15, -0.1) is 0 Å². The topological polar surface area (TPSA) is 29.1 Å². The molecule has 0 fully saturated rings. The molecule has 3 aromatic rings. The van der Waals surface area contributed by atoms with Gasteiger partial charge < -0.3 is 5.32 Å². The van der Waals surface area contributed by atoms with Crippen molar-refractivity contribution in [2.75, 3.05) is 0 Å². The van der Waals surface area contributed by atoms with Crippen LogP contribution in [0.3, 0.4) is 0 Å². The van der Waals surface area contributed by atoms with Gasteiger partial charge in [-0.25, -0.2) is 0 Å². The molecule has 2 heteroatoms. The molecule has 0 saturated carbocycles. The molecule has 0 spiro atoms. The van der Waals surface area contributed by atoms with E-state index in [9.17, 15) is 4.79 Å². The second kappa shape index (κ2) is 8.29. The zero-order valence-electron chi connectivity index (χ0n) is 14.5. The monoisotopic (exact) mass is 329 g/mol. The first-order chi connectivity index (χ1) is 12.2. The summed E-state index contributed by atoms with van der Waals surface area (Å²) >= 11 is 0. The second-order valence-electron chi connectivity index (χ2n) is 6.31. The molecule has 0 unspecified atom stereocenters. The zero-order chi connectivity index (χ0) is 17.5. The Kier molecular flexibility index (Phi) is 5.63. The number of carbonyl (C=O) groups excluding carboxylic acids is 1. The van der Waals surface area contributed by atoms with Crippen LogP contribution in [-0.4, -0.2) is 5.91 Å². The van der Waals surface area contributed by atoms with Gasteiger partial charge in [0.2, 0.25) is 5.91 Å². The fourth-order valence-electron chi connectivity index (χ4n) is 2.90. The molecule has 3 aromatic carbocycles. The van der Waals surface area contributed by atoms with Gasteiger partial charge >= 0.3 is 0 Å². The molecule has 126 valence electrons. The minimum Gasteiger partial charge on any atom is -0.345 e. The van der Waals surface area contributed by atoms with Crippen LogP contribution in [0.15, 0.2) is 84.9 Å². The number of benzene rings is 3. The summed E-state index contributed by atoms with van der Waals surface area (Å²) in [5.74, 6) is 0.0679. The van der Waals surface area contributed by atoms with E-state index >= 15 is 0 Å². The Morgan fingerprint density at radius 2 is 1.36 bits per heavy atom. The van der Waals surface area contributed by atoms with Gasteiger partial charge in [-0.05, 0) is 30.0 Å². The molecule has 0 radical (unpaired) electrons. The van der Waals surface area contributed by atoms with Crippen LogP contribution >= 0.6 is 0 Å². The van der Waals surface area contributed by atoms with Crippen molar-refractivity contribution in [2.24, 2.45) is 0 Å². The number of amides is 1. The van der Waals surface area contributed by atoms with E-state index < -0.39 is 0 Å². The molecule has 1 amide bonds. The molecule has 0 bridgehead atoms. The third kappa shape index (κ3) is 4.80. The van der Waals surface area contributed by atoms with Crippen molar-refractivity contribution in [3.05, 3.63) is 107 Å². The summed E-state index contributed by atoms with van der Waals surface area (Å²) in [5.41, 5.74) is 4.60. The number of nitrogens with one attached hydrogen (secondary N) is 1. The van der Waals surface area contributed by atoms with Gasteiger partial charge in [0.25, 0.3) is 0 Å². The van der Waals surface area contributed by atoms with Crippen molar-refractivity contribution in [3.8, 4) is 0 Å². The Hall–Kier alpha value is -2.87. The molecule has 1 N–H and O–H groups in total. The van der Waals surface area contributed by atoms with E-state index in [0.29, 0.717) is 6.42 Å². The van der Waals surface area contributed by atoms with Crippen LogP contribution in [0.25, 0.3) is 0 Å². The molecular weight excluding hydrogens is 306 g/mol. The first-order valence-electron chi connectivity index (χ1n) is 8.67. The summed E-state index contributed by atoms with van der Waals surface area (Å²) in [5, 5.41) is 3.20. The van der Waals surface area contributed by atoms with Crippen LogP contribution in [0.1, 0.15) is 34.7 Å². The lowest BCUT2D eigenvalue weighted by molar-refractivity contribution is -0.121. The largest absolute Gasteiger partial charge is 0.345 e. The second-order valence-corrected chi connectivity index (χ2v) is 6.31. The highest BCUT2D eigenvalue weighted by Crippen LogP contribution is 2.22. The van der Waals surface area contributed by atoms with Crippen molar-refractivity contribution in [2.45, 2.75) is 25.8 Å². The third-order valence-corrected chi connectivity index (χ3v) is 4.33. The van der Waals surface area contributed by atoms with Crippen molar-refractivity contribution in [1.29, 1.82) is 0 Å². The van der Waals surface area contributed by atoms with E-state index in [1.807, 2.05) is 36.4 Å². The van der Waals surface area contributed by atoms with Gasteiger partial charge in [0.15, 0.2) is 0 Å². The maximum atomic E-state index is 12.5. The predicted molar refractivity (Wildman–Crippen MR) is 102 cm³/mol. The molecule has 25 heavy (non-hydrogen) atoms. The van der Waals surface area contributed by atoms with Crippen molar-refractivity contribution in [3.63, 3.8) is 0 Å². The summed E-state index contributed by atoms with van der Waals surface area (Å²) in [6, 6.07) is 28.5. The van der Waals surface area contributed by atoms with Crippen molar-refractivity contribution < 1.29 is 4.79 Å². The van der Waals surface area contributed by atoms with Crippen LogP contribution < -0.4 is 5.32 Å². The Labute approximate surface area is 149 Å². The summed E-state index contributed by atoms with van der Waals surface area (Å²) in [4.78, 5) is 12.5. The highest BCUT2D eigenvalue weighted by atomic mass is 16.1. The third-order valence-electron chi connectivity index (χ3n) is 4.33. The van der Waals surface area contributed by atoms with E-state index in [1.54, 1.807) is 0 Å². The van der Waals surface area contributed by atoms with Crippen LogP contribution in [-0.2, 0) is 11.2 Å². The average Bonchev–Trinajstić information content (AvgIpc) is 2.67. The average molecular weight is 329 g/mol. The number of aryl methyl sites for hydroxylation is 2. The maximum absolute atomic E-state index is 12.5. The first-order valence-corrected chi connectivity index (χ1v) is 8.67. The number of carbonyl (C=O) groups is 1. The SMILES string of the molecule is Cc1ccc([C@H](NC(=O)CCc2ccccc2)c2ccccc2)cc1. The predicted octanol–water partition coefficient (Wildman–Crippen LogP) is 4.83. The molecule has 3 rings (SSSR count). The number of rotatable bonds is 6. The summed E-state index contributed by atoms with van der Waals surface area (Å²) in [6.45, 7) is 2.07. The maximum Gasteiger partial charge on any atom is 0.221 e. The standard InChI is InChI=1S/C23H23NO/c1-18-12-15-21(16-13-18)23(20-10-6-3-7-11-20)24-22(25)17-14-19-8-4-2-5-9-19/h2-13,15-16,23H,14,17H2,1H3,(H,24,25)/t23-/m1/s1. The smallest absolute Gasteiger partial charge is 0.221 e. The van der Waals surface area contributed by atoms with Gasteiger partial charge in [-0.1, -0.05) is 90.5 Å². The van der Waals surface area contributed by atoms with E-state index in [-0.39, 0.29) is 11.9 Å². The first kappa shape index (κ1) is 17.0. The van der Waals surface area contributed by atoms with Crippen LogP contribution in [0, 0.1) is 6.92 Å². The van der Waals surface area contributed by atoms with E-state index in [2.05, 4.69) is 60.8 Å². The molecule has 2 nitrogen and oxygen atoms in total. The Balaban J connectivity index is 1.73. The Bertz CT molecular complexity index is 795. The lowest BCUT2D eigenvalue weighted by atomic mass is 9.97. The molecule has 0 aliphatic rings.